The first kappa shape index (κ1) is 10.0. The van der Waals surface area contributed by atoms with Gasteiger partial charge in [-0.3, -0.25) is 19.1 Å². The van der Waals surface area contributed by atoms with Crippen LogP contribution in [0.2, 0.25) is 0 Å². The molecular formula is C10H10N4O3. The molecule has 88 valence electrons. The Balaban J connectivity index is 2.37. The Morgan fingerprint density at radius 2 is 2.00 bits per heavy atom. The summed E-state index contributed by atoms with van der Waals surface area (Å²) >= 11 is 0. The summed E-state index contributed by atoms with van der Waals surface area (Å²) in [5, 5.41) is 0. The molecule has 0 aliphatic heterocycles. The van der Waals surface area contributed by atoms with Gasteiger partial charge in [0.15, 0.2) is 5.52 Å². The van der Waals surface area contributed by atoms with Crippen LogP contribution < -0.4 is 16.8 Å². The Morgan fingerprint density at radius 3 is 2.65 bits per heavy atom. The van der Waals surface area contributed by atoms with Gasteiger partial charge in [0.1, 0.15) is 5.52 Å². The number of aromatic nitrogens is 4. The third-order valence-electron chi connectivity index (χ3n) is 3.15. The Hall–Kier alpha value is -2.18. The maximum Gasteiger partial charge on any atom is 0.326 e. The van der Waals surface area contributed by atoms with E-state index in [0.29, 0.717) is 0 Å². The zero-order valence-electron chi connectivity index (χ0n) is 8.90. The van der Waals surface area contributed by atoms with E-state index in [1.165, 1.54) is 10.9 Å². The summed E-state index contributed by atoms with van der Waals surface area (Å²) in [6, 6.07) is 0.141. The van der Waals surface area contributed by atoms with Gasteiger partial charge in [-0.1, -0.05) is 0 Å². The Labute approximate surface area is 94.1 Å². The molecule has 0 saturated heterocycles. The molecule has 0 aromatic carbocycles. The van der Waals surface area contributed by atoms with Crippen molar-refractivity contribution in [2.24, 2.45) is 0 Å². The highest BCUT2D eigenvalue weighted by molar-refractivity contribution is 5.70. The number of fused-ring (bicyclic) bond motifs is 1. The molecule has 17 heavy (non-hydrogen) atoms. The van der Waals surface area contributed by atoms with Crippen LogP contribution in [0.15, 0.2) is 20.7 Å². The van der Waals surface area contributed by atoms with Crippen LogP contribution in [0.5, 0.6) is 0 Å². The van der Waals surface area contributed by atoms with Crippen LogP contribution >= 0.6 is 0 Å². The minimum Gasteiger partial charge on any atom is -0.301 e. The average Bonchev–Trinajstić information content (AvgIpc) is 2.20. The highest BCUT2D eigenvalue weighted by Crippen LogP contribution is 2.29. The maximum atomic E-state index is 12.1. The Kier molecular flexibility index (Phi) is 2.01. The number of nitrogens with zero attached hydrogens (tertiary/aromatic N) is 2. The van der Waals surface area contributed by atoms with Gasteiger partial charge in [-0.15, -0.1) is 0 Å². The van der Waals surface area contributed by atoms with E-state index < -0.39 is 11.2 Å². The summed E-state index contributed by atoms with van der Waals surface area (Å²) in [7, 11) is 0. The quantitative estimate of drug-likeness (QED) is 0.694. The molecule has 2 aromatic rings. The van der Waals surface area contributed by atoms with Crippen LogP contribution in [-0.2, 0) is 0 Å². The molecule has 1 saturated carbocycles. The molecule has 0 amide bonds. The lowest BCUT2D eigenvalue weighted by atomic mass is 9.93. The fourth-order valence-electron chi connectivity index (χ4n) is 1.98. The summed E-state index contributed by atoms with van der Waals surface area (Å²) in [5.74, 6) is 0. The van der Waals surface area contributed by atoms with Crippen LogP contribution in [0.1, 0.15) is 25.3 Å². The highest BCUT2D eigenvalue weighted by Gasteiger charge is 2.21. The lowest BCUT2D eigenvalue weighted by Gasteiger charge is -2.26. The van der Waals surface area contributed by atoms with E-state index in [9.17, 15) is 14.4 Å². The second-order valence-electron chi connectivity index (χ2n) is 4.17. The maximum absolute atomic E-state index is 12.1. The number of H-pyrrole nitrogens is 2. The number of aromatic amines is 2. The number of nitrogens with one attached hydrogen (secondary N) is 2. The summed E-state index contributed by atoms with van der Waals surface area (Å²) in [6.45, 7) is 0. The Bertz CT molecular complexity index is 750. The van der Waals surface area contributed by atoms with E-state index in [1.54, 1.807) is 0 Å². The van der Waals surface area contributed by atoms with Gasteiger partial charge in [0, 0.05) is 6.04 Å². The van der Waals surface area contributed by atoms with Crippen LogP contribution in [0.3, 0.4) is 0 Å². The van der Waals surface area contributed by atoms with Crippen LogP contribution in [0.4, 0.5) is 0 Å². The molecule has 2 N–H and O–H groups in total. The molecule has 7 nitrogen and oxygen atoms in total. The molecule has 0 atom stereocenters. The van der Waals surface area contributed by atoms with Crippen LogP contribution in [0, 0.1) is 0 Å². The second kappa shape index (κ2) is 3.41. The van der Waals surface area contributed by atoms with Crippen LogP contribution in [0.25, 0.3) is 11.0 Å². The predicted molar refractivity (Wildman–Crippen MR) is 60.1 cm³/mol. The van der Waals surface area contributed by atoms with Gasteiger partial charge in [-0.25, -0.2) is 9.78 Å². The minimum absolute atomic E-state index is 0.0202. The molecular weight excluding hydrogens is 224 g/mol. The van der Waals surface area contributed by atoms with Crippen molar-refractivity contribution in [2.45, 2.75) is 25.3 Å². The van der Waals surface area contributed by atoms with Crippen molar-refractivity contribution in [3.8, 4) is 0 Å². The largest absolute Gasteiger partial charge is 0.326 e. The van der Waals surface area contributed by atoms with E-state index in [4.69, 9.17) is 0 Å². The first-order valence-electron chi connectivity index (χ1n) is 5.40. The smallest absolute Gasteiger partial charge is 0.301 e. The summed E-state index contributed by atoms with van der Waals surface area (Å²) in [6.07, 6.45) is 4.32. The fraction of sp³-hybridized carbons (Fsp3) is 0.400. The van der Waals surface area contributed by atoms with Gasteiger partial charge < -0.3 is 4.98 Å². The third-order valence-corrected chi connectivity index (χ3v) is 3.15. The molecule has 0 bridgehead atoms. The molecule has 0 spiro atoms. The minimum atomic E-state index is -0.687. The molecule has 0 unspecified atom stereocenters. The molecule has 2 aromatic heterocycles. The van der Waals surface area contributed by atoms with Crippen molar-refractivity contribution in [1.29, 1.82) is 0 Å². The van der Waals surface area contributed by atoms with Crippen molar-refractivity contribution in [3.63, 3.8) is 0 Å². The normalized spacial score (nSPS) is 16.0. The Morgan fingerprint density at radius 1 is 1.24 bits per heavy atom. The molecule has 1 fully saturated rings. The zero-order chi connectivity index (χ0) is 12.0. The van der Waals surface area contributed by atoms with Gasteiger partial charge in [-0.05, 0) is 19.3 Å². The van der Waals surface area contributed by atoms with Crippen molar-refractivity contribution in [1.82, 2.24) is 19.5 Å². The molecule has 3 rings (SSSR count). The molecule has 2 heterocycles. The summed E-state index contributed by atoms with van der Waals surface area (Å²) in [4.78, 5) is 42.9. The first-order valence-corrected chi connectivity index (χ1v) is 5.40. The topological polar surface area (TPSA) is 101 Å². The van der Waals surface area contributed by atoms with Gasteiger partial charge in [0.2, 0.25) is 0 Å². The van der Waals surface area contributed by atoms with E-state index in [1.807, 2.05) is 4.98 Å². The third kappa shape index (κ3) is 1.42. The predicted octanol–water partition coefficient (Wildman–Crippen LogP) is -0.502. The van der Waals surface area contributed by atoms with Crippen molar-refractivity contribution in [3.05, 3.63) is 37.5 Å². The van der Waals surface area contributed by atoms with E-state index in [2.05, 4.69) is 9.97 Å². The standard InChI is InChI=1S/C10H10N4O3/c15-8-6-7(12-10(17)13-8)9(16)14(4-11-6)5-2-1-3-5/h4-5H,1-3H2,(H2,12,13,15,17). The second-order valence-corrected chi connectivity index (χ2v) is 4.17. The average molecular weight is 234 g/mol. The van der Waals surface area contributed by atoms with E-state index >= 15 is 0 Å². The van der Waals surface area contributed by atoms with Gasteiger partial charge in [0.25, 0.3) is 11.1 Å². The fourth-order valence-corrected chi connectivity index (χ4v) is 1.98. The van der Waals surface area contributed by atoms with E-state index in [-0.39, 0.29) is 22.6 Å². The zero-order valence-corrected chi connectivity index (χ0v) is 8.90. The van der Waals surface area contributed by atoms with Gasteiger partial charge in [-0.2, -0.15) is 0 Å². The lowest BCUT2D eigenvalue weighted by Crippen LogP contribution is -2.33. The SMILES string of the molecule is O=c1[nH]c(=O)c2ncn(C3CCC3)c(=O)c2[nH]1. The summed E-state index contributed by atoms with van der Waals surface area (Å²) in [5.41, 5.74) is -1.73. The van der Waals surface area contributed by atoms with Crippen LogP contribution in [-0.4, -0.2) is 19.5 Å². The number of rotatable bonds is 1. The first-order chi connectivity index (χ1) is 8.16. The monoisotopic (exact) mass is 234 g/mol. The molecule has 0 radical (unpaired) electrons. The molecule has 1 aliphatic rings. The van der Waals surface area contributed by atoms with Gasteiger partial charge >= 0.3 is 5.69 Å². The lowest BCUT2D eigenvalue weighted by molar-refractivity contribution is 0.305. The highest BCUT2D eigenvalue weighted by atomic mass is 16.2. The molecule has 7 heteroatoms. The number of hydrogen-bond donors (Lipinski definition) is 2. The van der Waals surface area contributed by atoms with Crippen molar-refractivity contribution < 1.29 is 0 Å². The number of hydrogen-bond acceptors (Lipinski definition) is 4. The van der Waals surface area contributed by atoms with Gasteiger partial charge in [0.05, 0.1) is 6.33 Å². The van der Waals surface area contributed by atoms with Crippen molar-refractivity contribution >= 4 is 11.0 Å². The molecule has 1 aliphatic carbocycles. The van der Waals surface area contributed by atoms with E-state index in [0.717, 1.165) is 19.3 Å². The summed E-state index contributed by atoms with van der Waals surface area (Å²) < 4.78 is 1.49. The van der Waals surface area contributed by atoms with Crippen molar-refractivity contribution in [2.75, 3.05) is 0 Å².